The molecule has 6 heteroatoms. The Morgan fingerprint density at radius 3 is 2.14 bits per heavy atom. The van der Waals surface area contributed by atoms with Gasteiger partial charge in [-0.3, -0.25) is 0 Å². The first-order valence-electron chi connectivity index (χ1n) is 3.57. The molecule has 0 saturated heterocycles. The summed E-state index contributed by atoms with van der Waals surface area (Å²) >= 11 is 0. The van der Waals surface area contributed by atoms with E-state index in [1.807, 2.05) is 0 Å². The fourth-order valence-corrected chi connectivity index (χ4v) is 0.920. The van der Waals surface area contributed by atoms with E-state index in [0.29, 0.717) is 12.1 Å². The highest BCUT2D eigenvalue weighted by molar-refractivity contribution is 5.85. The number of aliphatic hydroxyl groups is 1. The van der Waals surface area contributed by atoms with Crippen molar-refractivity contribution in [1.29, 1.82) is 0 Å². The van der Waals surface area contributed by atoms with Gasteiger partial charge in [-0.15, -0.1) is 12.4 Å². The minimum atomic E-state index is -1.27. The molecule has 14 heavy (non-hydrogen) atoms. The molecule has 0 spiro atoms. The molecule has 0 aliphatic rings. The first kappa shape index (κ1) is 13.2. The molecule has 2 nitrogen and oxygen atoms in total. The zero-order valence-electron chi connectivity index (χ0n) is 7.01. The van der Waals surface area contributed by atoms with Crippen molar-refractivity contribution in [3.05, 3.63) is 35.1 Å². The van der Waals surface area contributed by atoms with Crippen LogP contribution in [0.4, 0.5) is 13.2 Å². The van der Waals surface area contributed by atoms with Crippen molar-refractivity contribution in [2.45, 2.75) is 6.04 Å². The molecule has 1 aromatic rings. The predicted molar refractivity (Wildman–Crippen MR) is 47.6 cm³/mol. The summed E-state index contributed by atoms with van der Waals surface area (Å²) in [7, 11) is 0. The van der Waals surface area contributed by atoms with Crippen LogP contribution in [0.25, 0.3) is 0 Å². The van der Waals surface area contributed by atoms with Gasteiger partial charge in [0, 0.05) is 11.6 Å². The summed E-state index contributed by atoms with van der Waals surface area (Å²) in [4.78, 5) is 0. The van der Waals surface area contributed by atoms with Gasteiger partial charge >= 0.3 is 0 Å². The van der Waals surface area contributed by atoms with Crippen molar-refractivity contribution in [1.82, 2.24) is 0 Å². The van der Waals surface area contributed by atoms with E-state index < -0.39 is 30.1 Å². The standard InChI is InChI=1S/C8H8F3NO.ClH/c9-5-2-7(11)6(10)1-4(5)8(12)3-13;/h1-2,8,13H,3,12H2;1H/t8-;/m0./s1. The number of hydrogen-bond donors (Lipinski definition) is 2. The number of rotatable bonds is 2. The fraction of sp³-hybridized carbons (Fsp3) is 0.250. The van der Waals surface area contributed by atoms with Gasteiger partial charge in [-0.1, -0.05) is 0 Å². The van der Waals surface area contributed by atoms with E-state index in [2.05, 4.69) is 0 Å². The predicted octanol–water partition coefficient (Wildman–Crippen LogP) is 1.52. The van der Waals surface area contributed by atoms with Crippen LogP contribution in [-0.4, -0.2) is 11.7 Å². The second kappa shape index (κ2) is 5.19. The quantitative estimate of drug-likeness (QED) is 0.753. The van der Waals surface area contributed by atoms with E-state index in [1.54, 1.807) is 0 Å². The summed E-state index contributed by atoms with van der Waals surface area (Å²) in [6, 6.07) is 0.0150. The SMILES string of the molecule is Cl.N[C@@H](CO)c1cc(F)c(F)cc1F. The number of benzene rings is 1. The normalized spacial score (nSPS) is 12.1. The molecule has 0 heterocycles. The molecule has 0 aromatic heterocycles. The van der Waals surface area contributed by atoms with E-state index in [4.69, 9.17) is 10.8 Å². The lowest BCUT2D eigenvalue weighted by Crippen LogP contribution is -2.16. The molecule has 0 bridgehead atoms. The maximum atomic E-state index is 12.9. The van der Waals surface area contributed by atoms with Crippen molar-refractivity contribution < 1.29 is 18.3 Å². The molecular weight excluding hydrogens is 219 g/mol. The van der Waals surface area contributed by atoms with Crippen LogP contribution in [0, 0.1) is 17.5 Å². The minimum absolute atomic E-state index is 0. The number of hydrogen-bond acceptors (Lipinski definition) is 2. The molecule has 80 valence electrons. The molecule has 1 rings (SSSR count). The summed E-state index contributed by atoms with van der Waals surface area (Å²) in [5.74, 6) is -3.41. The average Bonchev–Trinajstić information content (AvgIpc) is 2.10. The highest BCUT2D eigenvalue weighted by Gasteiger charge is 2.14. The van der Waals surface area contributed by atoms with Crippen LogP contribution in [0.5, 0.6) is 0 Å². The molecule has 0 radical (unpaired) electrons. The van der Waals surface area contributed by atoms with Crippen LogP contribution in [0.1, 0.15) is 11.6 Å². The van der Waals surface area contributed by atoms with E-state index in [9.17, 15) is 13.2 Å². The van der Waals surface area contributed by atoms with Crippen molar-refractivity contribution in [3.8, 4) is 0 Å². The lowest BCUT2D eigenvalue weighted by atomic mass is 10.1. The van der Waals surface area contributed by atoms with Crippen LogP contribution in [0.2, 0.25) is 0 Å². The summed E-state index contributed by atoms with van der Waals surface area (Å²) in [6.07, 6.45) is 0. The zero-order chi connectivity index (χ0) is 10.0. The highest BCUT2D eigenvalue weighted by Crippen LogP contribution is 2.18. The average molecular weight is 228 g/mol. The van der Waals surface area contributed by atoms with E-state index in [0.717, 1.165) is 0 Å². The molecule has 0 aliphatic heterocycles. The highest BCUT2D eigenvalue weighted by atomic mass is 35.5. The van der Waals surface area contributed by atoms with Gasteiger partial charge in [-0.05, 0) is 6.07 Å². The van der Waals surface area contributed by atoms with Crippen LogP contribution < -0.4 is 5.73 Å². The Morgan fingerprint density at radius 2 is 1.64 bits per heavy atom. The molecule has 0 amide bonds. The monoisotopic (exact) mass is 227 g/mol. The lowest BCUT2D eigenvalue weighted by Gasteiger charge is -2.09. The number of aliphatic hydroxyl groups excluding tert-OH is 1. The third kappa shape index (κ3) is 2.60. The first-order chi connectivity index (χ1) is 6.06. The molecule has 0 saturated carbocycles. The third-order valence-electron chi connectivity index (χ3n) is 1.64. The largest absolute Gasteiger partial charge is 0.394 e. The molecule has 0 fully saturated rings. The van der Waals surface area contributed by atoms with Gasteiger partial charge in [0.05, 0.1) is 12.6 Å². The fourth-order valence-electron chi connectivity index (χ4n) is 0.920. The molecule has 1 atom stereocenters. The summed E-state index contributed by atoms with van der Waals surface area (Å²) in [5, 5.41) is 8.56. The molecular formula is C8H9ClF3NO. The zero-order valence-corrected chi connectivity index (χ0v) is 7.82. The van der Waals surface area contributed by atoms with Gasteiger partial charge in [0.1, 0.15) is 5.82 Å². The van der Waals surface area contributed by atoms with E-state index >= 15 is 0 Å². The Kier molecular flexibility index (Phi) is 4.90. The van der Waals surface area contributed by atoms with Gasteiger partial charge in [-0.2, -0.15) is 0 Å². The first-order valence-corrected chi connectivity index (χ1v) is 3.57. The molecule has 0 aliphatic carbocycles. The second-order valence-electron chi connectivity index (χ2n) is 2.58. The van der Waals surface area contributed by atoms with Gasteiger partial charge in [0.15, 0.2) is 11.6 Å². The summed E-state index contributed by atoms with van der Waals surface area (Å²) < 4.78 is 37.9. The van der Waals surface area contributed by atoms with Gasteiger partial charge in [-0.25, -0.2) is 13.2 Å². The maximum Gasteiger partial charge on any atom is 0.161 e. The van der Waals surface area contributed by atoms with E-state index in [1.165, 1.54) is 0 Å². The van der Waals surface area contributed by atoms with Crippen molar-refractivity contribution in [3.63, 3.8) is 0 Å². The smallest absolute Gasteiger partial charge is 0.161 e. The van der Waals surface area contributed by atoms with Gasteiger partial charge < -0.3 is 10.8 Å². The van der Waals surface area contributed by atoms with Crippen molar-refractivity contribution >= 4 is 12.4 Å². The summed E-state index contributed by atoms with van der Waals surface area (Å²) in [6.45, 7) is -0.526. The van der Waals surface area contributed by atoms with Crippen molar-refractivity contribution in [2.24, 2.45) is 5.73 Å². The number of nitrogens with two attached hydrogens (primary N) is 1. The molecule has 1 aromatic carbocycles. The van der Waals surface area contributed by atoms with Crippen LogP contribution in [0.3, 0.4) is 0 Å². The Labute approximate surface area is 84.9 Å². The third-order valence-corrected chi connectivity index (χ3v) is 1.64. The second-order valence-corrected chi connectivity index (χ2v) is 2.58. The van der Waals surface area contributed by atoms with Crippen LogP contribution >= 0.6 is 12.4 Å². The van der Waals surface area contributed by atoms with E-state index in [-0.39, 0.29) is 18.0 Å². The maximum absolute atomic E-state index is 12.9. The summed E-state index contributed by atoms with van der Waals surface area (Å²) in [5.41, 5.74) is 5.00. The number of halogens is 4. The van der Waals surface area contributed by atoms with Gasteiger partial charge in [0.2, 0.25) is 0 Å². The van der Waals surface area contributed by atoms with Crippen molar-refractivity contribution in [2.75, 3.05) is 6.61 Å². The lowest BCUT2D eigenvalue weighted by molar-refractivity contribution is 0.264. The minimum Gasteiger partial charge on any atom is -0.394 e. The van der Waals surface area contributed by atoms with Crippen LogP contribution in [0.15, 0.2) is 12.1 Å². The topological polar surface area (TPSA) is 46.2 Å². The molecule has 3 N–H and O–H groups in total. The van der Waals surface area contributed by atoms with Gasteiger partial charge in [0.25, 0.3) is 0 Å². The van der Waals surface area contributed by atoms with Crippen LogP contribution in [-0.2, 0) is 0 Å². The molecule has 0 unspecified atom stereocenters. The Morgan fingerprint density at radius 1 is 1.14 bits per heavy atom. The Bertz CT molecular complexity index is 322. The Hall–Kier alpha value is -0.780. The Balaban J connectivity index is 0.00000169.